The summed E-state index contributed by atoms with van der Waals surface area (Å²) in [6.45, 7) is 3.38. The van der Waals surface area contributed by atoms with Crippen molar-refractivity contribution in [2.75, 3.05) is 40.9 Å². The number of fused-ring (bicyclic) bond motifs is 2. The Morgan fingerprint density at radius 2 is 1.87 bits per heavy atom. The number of methoxy groups -OCH3 is 2. The fraction of sp³-hybridized carbons (Fsp3) is 0.375. The van der Waals surface area contributed by atoms with Gasteiger partial charge in [0.1, 0.15) is 0 Å². The first-order valence-electron chi connectivity index (χ1n) is 10.3. The molecule has 30 heavy (non-hydrogen) atoms. The molecule has 0 fully saturated rings. The van der Waals surface area contributed by atoms with Crippen LogP contribution < -0.4 is 9.47 Å². The van der Waals surface area contributed by atoms with Gasteiger partial charge in [-0.15, -0.1) is 11.3 Å². The fourth-order valence-corrected chi connectivity index (χ4v) is 5.06. The van der Waals surface area contributed by atoms with Crippen molar-refractivity contribution < 1.29 is 14.3 Å². The highest BCUT2D eigenvalue weighted by atomic mass is 32.1. The molecule has 0 bridgehead atoms. The summed E-state index contributed by atoms with van der Waals surface area (Å²) in [6.07, 6.45) is 2.00. The van der Waals surface area contributed by atoms with Gasteiger partial charge in [-0.2, -0.15) is 0 Å². The maximum atomic E-state index is 12.8. The molecule has 0 N–H and O–H groups in total. The number of thiophene rings is 1. The molecular formula is C24H28N2O3S. The van der Waals surface area contributed by atoms with Crippen LogP contribution in [-0.4, -0.2) is 56.6 Å². The van der Waals surface area contributed by atoms with E-state index in [1.807, 2.05) is 22.3 Å². The van der Waals surface area contributed by atoms with E-state index in [-0.39, 0.29) is 5.91 Å². The smallest absolute Gasteiger partial charge is 0.254 e. The Labute approximate surface area is 181 Å². The molecule has 0 saturated carbocycles. The number of ether oxygens (including phenoxy) is 2. The van der Waals surface area contributed by atoms with Crippen LogP contribution in [-0.2, 0) is 13.0 Å². The van der Waals surface area contributed by atoms with Gasteiger partial charge in [-0.3, -0.25) is 4.79 Å². The Kier molecular flexibility index (Phi) is 6.25. The quantitative estimate of drug-likeness (QED) is 0.509. The first kappa shape index (κ1) is 20.7. The predicted octanol–water partition coefficient (Wildman–Crippen LogP) is 4.44. The molecule has 1 aliphatic rings. The lowest BCUT2D eigenvalue weighted by atomic mass is 10.1. The number of benzene rings is 2. The van der Waals surface area contributed by atoms with Crippen LogP contribution in [0.5, 0.6) is 11.5 Å². The molecule has 5 nitrogen and oxygen atoms in total. The molecule has 6 heteroatoms. The van der Waals surface area contributed by atoms with Gasteiger partial charge in [0.15, 0.2) is 11.5 Å². The molecule has 0 radical (unpaired) electrons. The largest absolute Gasteiger partial charge is 0.493 e. The van der Waals surface area contributed by atoms with Crippen molar-refractivity contribution >= 4 is 27.3 Å². The zero-order valence-corrected chi connectivity index (χ0v) is 18.6. The lowest BCUT2D eigenvalue weighted by Crippen LogP contribution is -2.29. The summed E-state index contributed by atoms with van der Waals surface area (Å²) in [7, 11) is 5.37. The Morgan fingerprint density at radius 1 is 1.10 bits per heavy atom. The van der Waals surface area contributed by atoms with Crippen LogP contribution in [0.1, 0.15) is 27.9 Å². The monoisotopic (exact) mass is 424 g/mol. The van der Waals surface area contributed by atoms with E-state index in [9.17, 15) is 4.79 Å². The zero-order chi connectivity index (χ0) is 21.1. The van der Waals surface area contributed by atoms with E-state index in [1.165, 1.54) is 15.6 Å². The third-order valence-electron chi connectivity index (χ3n) is 5.78. The number of likely N-dealkylation sites (N-methyl/N-ethyl adjacent to an activating group) is 1. The summed E-state index contributed by atoms with van der Waals surface area (Å²) < 4.78 is 12.1. The number of rotatable bonds is 9. The molecule has 1 amide bonds. The highest BCUT2D eigenvalue weighted by Gasteiger charge is 2.29. The number of hydrogen-bond acceptors (Lipinski definition) is 5. The summed E-state index contributed by atoms with van der Waals surface area (Å²) in [5.41, 5.74) is 3.16. The van der Waals surface area contributed by atoms with Crippen molar-refractivity contribution in [3.8, 4) is 11.5 Å². The normalized spacial score (nSPS) is 13.3. The van der Waals surface area contributed by atoms with Crippen LogP contribution >= 0.6 is 11.3 Å². The molecule has 0 aliphatic carbocycles. The van der Waals surface area contributed by atoms with Gasteiger partial charge >= 0.3 is 0 Å². The highest BCUT2D eigenvalue weighted by molar-refractivity contribution is 7.17. The summed E-state index contributed by atoms with van der Waals surface area (Å²) in [5, 5.41) is 3.66. The number of carbonyl (C=O) groups is 1. The average molecular weight is 425 g/mol. The van der Waals surface area contributed by atoms with Gasteiger partial charge in [0.05, 0.1) is 14.2 Å². The standard InChI is InChI=1S/C24H28N2O3S/c1-25(12-9-17-16-30-23-8-5-4-7-19(17)23)10-6-11-26-15-18-13-21(28-2)22(29-3)14-20(18)24(26)27/h4-5,7-8,13-14,16H,6,9-12,15H2,1-3H3. The second kappa shape index (κ2) is 9.06. The van der Waals surface area contributed by atoms with Crippen molar-refractivity contribution in [3.63, 3.8) is 0 Å². The summed E-state index contributed by atoms with van der Waals surface area (Å²) in [6, 6.07) is 12.3. The Balaban J connectivity index is 1.27. The highest BCUT2D eigenvalue weighted by Crippen LogP contribution is 2.35. The van der Waals surface area contributed by atoms with Gasteiger partial charge in [-0.05, 0) is 66.5 Å². The lowest BCUT2D eigenvalue weighted by Gasteiger charge is -2.20. The number of nitrogens with zero attached hydrogens (tertiary/aromatic N) is 2. The van der Waals surface area contributed by atoms with Gasteiger partial charge in [-0.25, -0.2) is 0 Å². The SMILES string of the molecule is COc1cc2c(cc1OC)C(=O)N(CCCN(C)CCc1csc3ccccc13)C2. The second-order valence-electron chi connectivity index (χ2n) is 7.75. The minimum Gasteiger partial charge on any atom is -0.493 e. The van der Waals surface area contributed by atoms with Gasteiger partial charge in [0.2, 0.25) is 0 Å². The van der Waals surface area contributed by atoms with Crippen LogP contribution in [0, 0.1) is 0 Å². The van der Waals surface area contributed by atoms with Crippen molar-refractivity contribution in [2.45, 2.75) is 19.4 Å². The third-order valence-corrected chi connectivity index (χ3v) is 6.79. The number of carbonyl (C=O) groups excluding carboxylic acids is 1. The fourth-order valence-electron chi connectivity index (χ4n) is 4.06. The average Bonchev–Trinajstić information content (AvgIpc) is 3.32. The van der Waals surface area contributed by atoms with Gasteiger partial charge < -0.3 is 19.3 Å². The minimum atomic E-state index is 0.0818. The van der Waals surface area contributed by atoms with E-state index in [2.05, 4.69) is 41.6 Å². The second-order valence-corrected chi connectivity index (χ2v) is 8.67. The maximum Gasteiger partial charge on any atom is 0.254 e. The molecule has 158 valence electrons. The number of amides is 1. The molecule has 2 aromatic carbocycles. The molecule has 1 aromatic heterocycles. The first-order valence-corrected chi connectivity index (χ1v) is 11.2. The van der Waals surface area contributed by atoms with Crippen LogP contribution in [0.25, 0.3) is 10.1 Å². The predicted molar refractivity (Wildman–Crippen MR) is 122 cm³/mol. The molecule has 2 heterocycles. The Bertz CT molecular complexity index is 1050. The van der Waals surface area contributed by atoms with E-state index >= 15 is 0 Å². The molecule has 0 atom stereocenters. The van der Waals surface area contributed by atoms with E-state index in [1.54, 1.807) is 20.3 Å². The molecule has 4 rings (SSSR count). The van der Waals surface area contributed by atoms with Crippen LogP contribution in [0.15, 0.2) is 41.8 Å². The summed E-state index contributed by atoms with van der Waals surface area (Å²) >= 11 is 1.82. The van der Waals surface area contributed by atoms with Crippen molar-refractivity contribution in [1.29, 1.82) is 0 Å². The first-order chi connectivity index (χ1) is 14.6. The zero-order valence-electron chi connectivity index (χ0n) is 17.8. The molecule has 3 aromatic rings. The van der Waals surface area contributed by atoms with E-state index in [0.29, 0.717) is 18.0 Å². The molecule has 0 spiro atoms. The van der Waals surface area contributed by atoms with Crippen molar-refractivity contribution in [1.82, 2.24) is 9.80 Å². The topological polar surface area (TPSA) is 42.0 Å². The van der Waals surface area contributed by atoms with Crippen molar-refractivity contribution in [2.24, 2.45) is 0 Å². The van der Waals surface area contributed by atoms with Crippen LogP contribution in [0.3, 0.4) is 0 Å². The van der Waals surface area contributed by atoms with Crippen LogP contribution in [0.4, 0.5) is 0 Å². The van der Waals surface area contributed by atoms with Crippen LogP contribution in [0.2, 0.25) is 0 Å². The molecule has 0 saturated heterocycles. The summed E-state index contributed by atoms with van der Waals surface area (Å²) in [5.74, 6) is 1.36. The third kappa shape index (κ3) is 4.16. The number of hydrogen-bond donors (Lipinski definition) is 0. The molecule has 1 aliphatic heterocycles. The van der Waals surface area contributed by atoms with Gasteiger partial charge in [-0.1, -0.05) is 18.2 Å². The summed E-state index contributed by atoms with van der Waals surface area (Å²) in [4.78, 5) is 17.0. The Morgan fingerprint density at radius 3 is 2.67 bits per heavy atom. The molecule has 0 unspecified atom stereocenters. The molecular weight excluding hydrogens is 396 g/mol. The lowest BCUT2D eigenvalue weighted by molar-refractivity contribution is 0.0772. The Hall–Kier alpha value is -2.57. The van der Waals surface area contributed by atoms with Crippen molar-refractivity contribution in [3.05, 3.63) is 58.5 Å². The van der Waals surface area contributed by atoms with Gasteiger partial charge in [0.25, 0.3) is 5.91 Å². The van der Waals surface area contributed by atoms with E-state index in [4.69, 9.17) is 9.47 Å². The van der Waals surface area contributed by atoms with E-state index < -0.39 is 0 Å². The van der Waals surface area contributed by atoms with E-state index in [0.717, 1.165) is 43.6 Å². The minimum absolute atomic E-state index is 0.0818. The maximum absolute atomic E-state index is 12.8. The van der Waals surface area contributed by atoms with Gasteiger partial charge in [0, 0.05) is 29.9 Å².